The average Bonchev–Trinajstić information content (AvgIpc) is 2.72. The van der Waals surface area contributed by atoms with Gasteiger partial charge < -0.3 is 9.47 Å². The molecule has 144 valence electrons. The molecule has 0 aliphatic heterocycles. The van der Waals surface area contributed by atoms with Crippen molar-refractivity contribution in [3.8, 4) is 11.5 Å². The molecule has 2 nitrogen and oxygen atoms in total. The van der Waals surface area contributed by atoms with Crippen molar-refractivity contribution in [1.29, 1.82) is 0 Å². The molecule has 0 amide bonds. The number of ether oxygens (including phenoxy) is 2. The smallest absolute Gasteiger partial charge is 0.416 e. The van der Waals surface area contributed by atoms with Crippen molar-refractivity contribution in [2.45, 2.75) is 6.18 Å². The van der Waals surface area contributed by atoms with Crippen LogP contribution in [0.15, 0.2) is 72.8 Å². The minimum Gasteiger partial charge on any atom is -0.497 e. The van der Waals surface area contributed by atoms with Crippen LogP contribution in [0.4, 0.5) is 13.2 Å². The first kappa shape index (κ1) is 19.5. The number of methoxy groups -OCH3 is 2. The first-order chi connectivity index (χ1) is 13.4. The molecule has 0 unspecified atom stereocenters. The summed E-state index contributed by atoms with van der Waals surface area (Å²) < 4.78 is 49.2. The van der Waals surface area contributed by atoms with E-state index in [1.165, 1.54) is 12.1 Å². The van der Waals surface area contributed by atoms with Gasteiger partial charge in [-0.05, 0) is 64.7 Å². The van der Waals surface area contributed by atoms with Gasteiger partial charge in [-0.25, -0.2) is 0 Å². The van der Waals surface area contributed by atoms with E-state index in [-0.39, 0.29) is 0 Å². The third-order valence-corrected chi connectivity index (χ3v) is 4.33. The molecule has 5 heteroatoms. The Balaban J connectivity index is 2.09. The molecule has 0 aliphatic carbocycles. The second-order valence-corrected chi connectivity index (χ2v) is 6.14. The van der Waals surface area contributed by atoms with E-state index >= 15 is 0 Å². The summed E-state index contributed by atoms with van der Waals surface area (Å²) in [5.41, 5.74) is 2.54. The zero-order valence-corrected chi connectivity index (χ0v) is 15.5. The van der Waals surface area contributed by atoms with Crippen LogP contribution in [-0.2, 0) is 6.18 Å². The number of benzene rings is 3. The Labute approximate surface area is 161 Å². The molecule has 0 radical (unpaired) electrons. The molecule has 0 bridgehead atoms. The van der Waals surface area contributed by atoms with Crippen molar-refractivity contribution in [3.63, 3.8) is 0 Å². The summed E-state index contributed by atoms with van der Waals surface area (Å²) in [6.07, 6.45) is -2.44. The maximum Gasteiger partial charge on any atom is 0.416 e. The number of rotatable bonds is 5. The van der Waals surface area contributed by atoms with Crippen molar-refractivity contribution in [1.82, 2.24) is 0 Å². The standard InChI is InChI=1S/C23H19F3O2/c1-27-20-12-6-16(7-13-20)14-22(18-4-3-5-21(15-18)28-2)17-8-10-19(11-9-17)23(24,25)26/h3-15H,1-2H3/b22-14+. The van der Waals surface area contributed by atoms with Crippen LogP contribution < -0.4 is 9.47 Å². The van der Waals surface area contributed by atoms with Gasteiger partial charge in [0.25, 0.3) is 0 Å². The van der Waals surface area contributed by atoms with E-state index < -0.39 is 11.7 Å². The van der Waals surface area contributed by atoms with Crippen molar-refractivity contribution >= 4 is 11.6 Å². The van der Waals surface area contributed by atoms with Crippen LogP contribution in [0.1, 0.15) is 22.3 Å². The molecule has 0 aromatic heterocycles. The monoisotopic (exact) mass is 384 g/mol. The Kier molecular flexibility index (Phi) is 5.73. The van der Waals surface area contributed by atoms with Gasteiger partial charge in [-0.15, -0.1) is 0 Å². The molecular formula is C23H19F3O2. The van der Waals surface area contributed by atoms with Gasteiger partial charge in [-0.1, -0.05) is 36.4 Å². The van der Waals surface area contributed by atoms with Crippen LogP contribution in [-0.4, -0.2) is 14.2 Å². The van der Waals surface area contributed by atoms with Gasteiger partial charge in [0.05, 0.1) is 19.8 Å². The van der Waals surface area contributed by atoms with Gasteiger partial charge in [0, 0.05) is 0 Å². The second-order valence-electron chi connectivity index (χ2n) is 6.14. The first-order valence-corrected chi connectivity index (χ1v) is 8.58. The van der Waals surface area contributed by atoms with Crippen LogP contribution in [0, 0.1) is 0 Å². The van der Waals surface area contributed by atoms with Crippen LogP contribution in [0.2, 0.25) is 0 Å². The van der Waals surface area contributed by atoms with Crippen LogP contribution in [0.3, 0.4) is 0 Å². The minimum atomic E-state index is -4.37. The third kappa shape index (κ3) is 4.55. The molecule has 0 spiro atoms. The van der Waals surface area contributed by atoms with E-state index in [2.05, 4.69) is 0 Å². The van der Waals surface area contributed by atoms with Gasteiger partial charge in [0.1, 0.15) is 11.5 Å². The van der Waals surface area contributed by atoms with Gasteiger partial charge >= 0.3 is 6.18 Å². The van der Waals surface area contributed by atoms with Gasteiger partial charge in [-0.2, -0.15) is 13.2 Å². The number of hydrogen-bond donors (Lipinski definition) is 0. The average molecular weight is 384 g/mol. The molecular weight excluding hydrogens is 365 g/mol. The summed E-state index contributed by atoms with van der Waals surface area (Å²) in [6, 6.07) is 20.0. The summed E-state index contributed by atoms with van der Waals surface area (Å²) in [5.74, 6) is 1.40. The molecule has 0 atom stereocenters. The zero-order chi connectivity index (χ0) is 20.1. The molecule has 0 N–H and O–H groups in total. The first-order valence-electron chi connectivity index (χ1n) is 8.58. The lowest BCUT2D eigenvalue weighted by atomic mass is 9.94. The highest BCUT2D eigenvalue weighted by molar-refractivity contribution is 5.91. The quantitative estimate of drug-likeness (QED) is 0.480. The molecule has 0 heterocycles. The van der Waals surface area contributed by atoms with Crippen molar-refractivity contribution in [3.05, 3.63) is 95.1 Å². The molecule has 0 saturated carbocycles. The molecule has 28 heavy (non-hydrogen) atoms. The molecule has 3 aromatic rings. The fourth-order valence-electron chi connectivity index (χ4n) is 2.83. The summed E-state index contributed by atoms with van der Waals surface area (Å²) >= 11 is 0. The van der Waals surface area contributed by atoms with Crippen LogP contribution >= 0.6 is 0 Å². The second kappa shape index (κ2) is 8.21. The lowest BCUT2D eigenvalue weighted by Crippen LogP contribution is -2.04. The predicted octanol–water partition coefficient (Wildman–Crippen LogP) is 6.31. The highest BCUT2D eigenvalue weighted by Gasteiger charge is 2.30. The summed E-state index contributed by atoms with van der Waals surface area (Å²) in [7, 11) is 3.17. The van der Waals surface area contributed by atoms with Gasteiger partial charge in [0.2, 0.25) is 0 Å². The van der Waals surface area contributed by atoms with E-state index in [1.54, 1.807) is 14.2 Å². The van der Waals surface area contributed by atoms with Crippen molar-refractivity contribution in [2.24, 2.45) is 0 Å². The Morgan fingerprint density at radius 2 is 1.39 bits per heavy atom. The van der Waals surface area contributed by atoms with Crippen molar-refractivity contribution < 1.29 is 22.6 Å². The molecule has 0 fully saturated rings. The van der Waals surface area contributed by atoms with Gasteiger partial charge in [-0.3, -0.25) is 0 Å². The van der Waals surface area contributed by atoms with E-state index in [4.69, 9.17) is 9.47 Å². The molecule has 3 aromatic carbocycles. The largest absolute Gasteiger partial charge is 0.497 e. The SMILES string of the molecule is COc1ccc(/C=C(\c2ccc(C(F)(F)F)cc2)c2cccc(OC)c2)cc1. The van der Waals surface area contributed by atoms with E-state index in [9.17, 15) is 13.2 Å². The fraction of sp³-hybridized carbons (Fsp3) is 0.130. The van der Waals surface area contributed by atoms with E-state index in [1.807, 2.05) is 54.6 Å². The van der Waals surface area contributed by atoms with Gasteiger partial charge in [0.15, 0.2) is 0 Å². The maximum absolute atomic E-state index is 12.9. The minimum absolute atomic E-state index is 0.671. The lowest BCUT2D eigenvalue weighted by molar-refractivity contribution is -0.137. The number of alkyl halides is 3. The predicted molar refractivity (Wildman–Crippen MR) is 104 cm³/mol. The summed E-state index contributed by atoms with van der Waals surface area (Å²) in [4.78, 5) is 0. The normalized spacial score (nSPS) is 12.0. The molecule has 3 rings (SSSR count). The Morgan fingerprint density at radius 1 is 0.750 bits per heavy atom. The fourth-order valence-corrected chi connectivity index (χ4v) is 2.83. The number of hydrogen-bond acceptors (Lipinski definition) is 2. The lowest BCUT2D eigenvalue weighted by Gasteiger charge is -2.13. The highest BCUT2D eigenvalue weighted by Crippen LogP contribution is 2.33. The van der Waals surface area contributed by atoms with Crippen LogP contribution in [0.25, 0.3) is 11.6 Å². The maximum atomic E-state index is 12.9. The zero-order valence-electron chi connectivity index (χ0n) is 15.5. The van der Waals surface area contributed by atoms with E-state index in [0.717, 1.165) is 34.6 Å². The van der Waals surface area contributed by atoms with Crippen LogP contribution in [0.5, 0.6) is 11.5 Å². The molecule has 0 aliphatic rings. The third-order valence-electron chi connectivity index (χ3n) is 4.33. The topological polar surface area (TPSA) is 18.5 Å². The summed E-state index contributed by atoms with van der Waals surface area (Å²) in [6.45, 7) is 0. The number of halogens is 3. The Bertz CT molecular complexity index is 956. The Hall–Kier alpha value is -3.21. The Morgan fingerprint density at radius 3 is 1.96 bits per heavy atom. The highest BCUT2D eigenvalue weighted by atomic mass is 19.4. The molecule has 0 saturated heterocycles. The van der Waals surface area contributed by atoms with E-state index in [0.29, 0.717) is 11.3 Å². The van der Waals surface area contributed by atoms with Crippen molar-refractivity contribution in [2.75, 3.05) is 14.2 Å². The summed E-state index contributed by atoms with van der Waals surface area (Å²) in [5, 5.41) is 0.